The molecule has 1 fully saturated rings. The molecule has 0 spiro atoms. The molecule has 1 aliphatic rings. The maximum Gasteiger partial charge on any atom is 0.261 e. The van der Waals surface area contributed by atoms with E-state index in [9.17, 15) is 18.0 Å². The minimum atomic E-state index is -3.86. The molecule has 8 nitrogen and oxygen atoms in total. The smallest absolute Gasteiger partial charge is 0.261 e. The first-order valence-electron chi connectivity index (χ1n) is 9.15. The first-order chi connectivity index (χ1) is 13.8. The van der Waals surface area contributed by atoms with Crippen molar-refractivity contribution in [3.63, 3.8) is 0 Å². The average Bonchev–Trinajstić information content (AvgIpc) is 2.73. The topological polar surface area (TPSA) is 119 Å². The summed E-state index contributed by atoms with van der Waals surface area (Å²) in [7, 11) is -2.34. The number of carbonyl (C=O) groups is 2. The zero-order valence-electron chi connectivity index (χ0n) is 16.0. The molecule has 2 aromatic rings. The zero-order chi connectivity index (χ0) is 21.0. The second kappa shape index (κ2) is 8.52. The van der Waals surface area contributed by atoms with Crippen molar-refractivity contribution in [3.05, 3.63) is 54.1 Å². The lowest BCUT2D eigenvalue weighted by Crippen LogP contribution is -2.41. The largest absolute Gasteiger partial charge is 0.497 e. The van der Waals surface area contributed by atoms with Crippen molar-refractivity contribution in [2.45, 2.75) is 17.7 Å². The molecular weight excluding hydrogens is 394 g/mol. The number of nitrogens with two attached hydrogens (primary N) is 1. The highest BCUT2D eigenvalue weighted by Crippen LogP contribution is 2.22. The van der Waals surface area contributed by atoms with Gasteiger partial charge in [0.15, 0.2) is 0 Å². The van der Waals surface area contributed by atoms with Gasteiger partial charge in [0.2, 0.25) is 5.91 Å². The van der Waals surface area contributed by atoms with Crippen LogP contribution in [0.5, 0.6) is 5.75 Å². The molecule has 154 valence electrons. The van der Waals surface area contributed by atoms with Gasteiger partial charge in [0, 0.05) is 30.3 Å². The Morgan fingerprint density at radius 1 is 1.10 bits per heavy atom. The molecule has 0 bridgehead atoms. The third-order valence-corrected chi connectivity index (χ3v) is 6.30. The first-order valence-corrected chi connectivity index (χ1v) is 10.6. The number of amides is 2. The maximum absolute atomic E-state index is 12.8. The Morgan fingerprint density at radius 3 is 2.34 bits per heavy atom. The van der Waals surface area contributed by atoms with Gasteiger partial charge in [-0.05, 0) is 55.3 Å². The van der Waals surface area contributed by atoms with Gasteiger partial charge in [-0.25, -0.2) is 8.42 Å². The Kier molecular flexibility index (Phi) is 6.07. The van der Waals surface area contributed by atoms with Crippen LogP contribution in [0.2, 0.25) is 0 Å². The zero-order valence-corrected chi connectivity index (χ0v) is 16.8. The fraction of sp³-hybridized carbons (Fsp3) is 0.300. The van der Waals surface area contributed by atoms with Crippen LogP contribution in [0.4, 0.5) is 5.69 Å². The minimum absolute atomic E-state index is 0.00816. The van der Waals surface area contributed by atoms with Crippen LogP contribution < -0.4 is 15.2 Å². The minimum Gasteiger partial charge on any atom is -0.497 e. The number of benzene rings is 2. The van der Waals surface area contributed by atoms with Crippen LogP contribution in [-0.2, 0) is 14.8 Å². The fourth-order valence-corrected chi connectivity index (χ4v) is 4.32. The van der Waals surface area contributed by atoms with Crippen LogP contribution in [0.15, 0.2) is 53.4 Å². The van der Waals surface area contributed by atoms with Crippen LogP contribution in [-0.4, -0.2) is 45.3 Å². The Bertz CT molecular complexity index is 997. The third kappa shape index (κ3) is 4.86. The summed E-state index contributed by atoms with van der Waals surface area (Å²) in [6.45, 7) is 0.820. The molecule has 0 unspecified atom stereocenters. The standard InChI is InChI=1S/C20H23N3O5S/c1-28-17-7-5-16(6-8-17)22-29(26,27)18-4-2-3-15(13-18)20(25)23-11-9-14(10-12-23)19(21)24/h2-8,13-14,22H,9-12H2,1H3,(H2,21,24). The predicted octanol–water partition coefficient (Wildman–Crippen LogP) is 1.83. The Labute approximate surface area is 169 Å². The predicted molar refractivity (Wildman–Crippen MR) is 108 cm³/mol. The lowest BCUT2D eigenvalue weighted by Gasteiger charge is -2.30. The summed E-state index contributed by atoms with van der Waals surface area (Å²) < 4.78 is 33.0. The van der Waals surface area contributed by atoms with Gasteiger partial charge < -0.3 is 15.4 Å². The van der Waals surface area contributed by atoms with E-state index < -0.39 is 10.0 Å². The van der Waals surface area contributed by atoms with E-state index in [0.717, 1.165) is 0 Å². The van der Waals surface area contributed by atoms with Crippen molar-refractivity contribution in [1.29, 1.82) is 0 Å². The summed E-state index contributed by atoms with van der Waals surface area (Å²) in [6, 6.07) is 12.4. The molecule has 0 radical (unpaired) electrons. The van der Waals surface area contributed by atoms with Gasteiger partial charge in [-0.1, -0.05) is 6.07 Å². The van der Waals surface area contributed by atoms with Gasteiger partial charge in [0.1, 0.15) is 5.75 Å². The molecular formula is C20H23N3O5S. The quantitative estimate of drug-likeness (QED) is 0.743. The average molecular weight is 417 g/mol. The monoisotopic (exact) mass is 417 g/mol. The maximum atomic E-state index is 12.8. The number of primary amides is 1. The van der Waals surface area contributed by atoms with E-state index in [2.05, 4.69) is 4.72 Å². The summed E-state index contributed by atoms with van der Waals surface area (Å²) in [4.78, 5) is 25.6. The number of methoxy groups -OCH3 is 1. The number of likely N-dealkylation sites (tertiary alicyclic amines) is 1. The van der Waals surface area contributed by atoms with Crippen molar-refractivity contribution in [1.82, 2.24) is 4.90 Å². The van der Waals surface area contributed by atoms with Crippen molar-refractivity contribution >= 4 is 27.5 Å². The van der Waals surface area contributed by atoms with Crippen molar-refractivity contribution < 1.29 is 22.7 Å². The number of nitrogens with one attached hydrogen (secondary N) is 1. The molecule has 1 aliphatic heterocycles. The summed E-state index contributed by atoms with van der Waals surface area (Å²) >= 11 is 0. The lowest BCUT2D eigenvalue weighted by molar-refractivity contribution is -0.123. The number of nitrogens with zero attached hydrogens (tertiary/aromatic N) is 1. The van der Waals surface area contributed by atoms with E-state index in [4.69, 9.17) is 10.5 Å². The van der Waals surface area contributed by atoms with Crippen LogP contribution >= 0.6 is 0 Å². The van der Waals surface area contributed by atoms with Crippen LogP contribution in [0, 0.1) is 5.92 Å². The molecule has 9 heteroatoms. The van der Waals surface area contributed by atoms with Gasteiger partial charge in [-0.2, -0.15) is 0 Å². The summed E-state index contributed by atoms with van der Waals surface area (Å²) in [5.74, 6) is -0.232. The number of carbonyl (C=O) groups excluding carboxylic acids is 2. The summed E-state index contributed by atoms with van der Waals surface area (Å²) in [5, 5.41) is 0. The molecule has 1 saturated heterocycles. The first kappa shape index (κ1) is 20.7. The van der Waals surface area contributed by atoms with E-state index in [1.54, 1.807) is 35.2 Å². The molecule has 3 rings (SSSR count). The normalized spacial score (nSPS) is 15.0. The number of hydrogen-bond acceptors (Lipinski definition) is 5. The Morgan fingerprint density at radius 2 is 1.76 bits per heavy atom. The van der Waals surface area contributed by atoms with Crippen LogP contribution in [0.1, 0.15) is 23.2 Å². The van der Waals surface area contributed by atoms with E-state index in [1.165, 1.54) is 25.3 Å². The highest BCUT2D eigenvalue weighted by molar-refractivity contribution is 7.92. The van der Waals surface area contributed by atoms with E-state index in [1.807, 2.05) is 0 Å². The second-order valence-electron chi connectivity index (χ2n) is 6.83. The number of rotatable bonds is 6. The highest BCUT2D eigenvalue weighted by atomic mass is 32.2. The number of ether oxygens (including phenoxy) is 1. The molecule has 2 amide bonds. The van der Waals surface area contributed by atoms with Crippen molar-refractivity contribution in [2.75, 3.05) is 24.9 Å². The molecule has 0 aliphatic carbocycles. The molecule has 0 atom stereocenters. The van der Waals surface area contributed by atoms with Crippen molar-refractivity contribution in [3.8, 4) is 5.75 Å². The molecule has 3 N–H and O–H groups in total. The van der Waals surface area contributed by atoms with Gasteiger partial charge >= 0.3 is 0 Å². The Balaban J connectivity index is 1.74. The molecule has 2 aromatic carbocycles. The number of anilines is 1. The molecule has 0 aromatic heterocycles. The highest BCUT2D eigenvalue weighted by Gasteiger charge is 2.27. The molecule has 0 saturated carbocycles. The number of hydrogen-bond donors (Lipinski definition) is 2. The summed E-state index contributed by atoms with van der Waals surface area (Å²) in [5.41, 5.74) is 5.99. The molecule has 1 heterocycles. The second-order valence-corrected chi connectivity index (χ2v) is 8.51. The van der Waals surface area contributed by atoms with E-state index in [0.29, 0.717) is 37.4 Å². The van der Waals surface area contributed by atoms with Gasteiger partial charge in [0.25, 0.3) is 15.9 Å². The van der Waals surface area contributed by atoms with E-state index >= 15 is 0 Å². The van der Waals surface area contributed by atoms with Gasteiger partial charge in [-0.3, -0.25) is 14.3 Å². The van der Waals surface area contributed by atoms with Crippen LogP contribution in [0.3, 0.4) is 0 Å². The number of piperidine rings is 1. The van der Waals surface area contributed by atoms with E-state index in [-0.39, 0.29) is 28.2 Å². The van der Waals surface area contributed by atoms with Crippen molar-refractivity contribution in [2.24, 2.45) is 11.7 Å². The SMILES string of the molecule is COc1ccc(NS(=O)(=O)c2cccc(C(=O)N3CCC(C(N)=O)CC3)c2)cc1. The summed E-state index contributed by atoms with van der Waals surface area (Å²) in [6.07, 6.45) is 1.02. The Hall–Kier alpha value is -3.07. The van der Waals surface area contributed by atoms with Crippen LogP contribution in [0.25, 0.3) is 0 Å². The molecule has 29 heavy (non-hydrogen) atoms. The number of sulfonamides is 1. The fourth-order valence-electron chi connectivity index (χ4n) is 3.22. The van der Waals surface area contributed by atoms with Gasteiger partial charge in [0.05, 0.1) is 12.0 Å². The van der Waals surface area contributed by atoms with Gasteiger partial charge in [-0.15, -0.1) is 0 Å². The lowest BCUT2D eigenvalue weighted by atomic mass is 9.96. The third-order valence-electron chi connectivity index (χ3n) is 4.92.